The smallest absolute Gasteiger partial charge is 0.457 e. The lowest BCUT2D eigenvalue weighted by Gasteiger charge is -2.41. The molecule has 1 saturated carbocycles. The second-order valence-electron chi connectivity index (χ2n) is 14.8. The highest BCUT2D eigenvalue weighted by atomic mass is 31.2. The number of aliphatic hydroxyl groups excluding tert-OH is 5. The Morgan fingerprint density at radius 2 is 1.02 bits per heavy atom. The van der Waals surface area contributed by atoms with Crippen molar-refractivity contribution in [3.63, 3.8) is 0 Å². The van der Waals surface area contributed by atoms with Crippen LogP contribution in [0.4, 0.5) is 0 Å². The first-order valence-corrected chi connectivity index (χ1v) is 22.8. The highest BCUT2D eigenvalue weighted by molar-refractivity contribution is 7.47. The van der Waals surface area contributed by atoms with Gasteiger partial charge in [0, 0.05) is 13.0 Å². The van der Waals surface area contributed by atoms with E-state index in [-0.39, 0.29) is 13.0 Å². The predicted molar refractivity (Wildman–Crippen MR) is 216 cm³/mol. The number of hydrogen-bond donors (Lipinski definition) is 6. The number of aliphatic hydroxyl groups is 5. The lowest BCUT2D eigenvalue weighted by Crippen LogP contribution is -2.64. The van der Waals surface area contributed by atoms with Crippen molar-refractivity contribution in [2.24, 2.45) is 0 Å². The van der Waals surface area contributed by atoms with E-state index in [9.17, 15) is 39.8 Å². The van der Waals surface area contributed by atoms with Gasteiger partial charge in [-0.2, -0.15) is 0 Å². The number of hydrogen-bond acceptors (Lipinski definition) is 11. The van der Waals surface area contributed by atoms with Crippen LogP contribution in [0.1, 0.15) is 162 Å². The lowest BCUT2D eigenvalue weighted by atomic mass is 9.85. The molecule has 1 rings (SSSR count). The van der Waals surface area contributed by atoms with E-state index in [1.54, 1.807) is 0 Å². The Hall–Kier alpha value is -1.44. The summed E-state index contributed by atoms with van der Waals surface area (Å²) in [5.41, 5.74) is 0. The van der Waals surface area contributed by atoms with Crippen LogP contribution >= 0.6 is 7.82 Å². The highest BCUT2D eigenvalue weighted by Crippen LogP contribution is 2.47. The van der Waals surface area contributed by atoms with Gasteiger partial charge in [0.15, 0.2) is 0 Å². The van der Waals surface area contributed by atoms with Gasteiger partial charge >= 0.3 is 13.8 Å². The Morgan fingerprint density at radius 1 is 0.582 bits per heavy atom. The van der Waals surface area contributed by atoms with E-state index in [4.69, 9.17) is 18.5 Å². The molecule has 0 bridgehead atoms. The van der Waals surface area contributed by atoms with Gasteiger partial charge < -0.3 is 39.9 Å². The topological polar surface area (TPSA) is 192 Å². The molecule has 0 aliphatic heterocycles. The van der Waals surface area contributed by atoms with E-state index in [1.165, 1.54) is 70.6 Å². The Labute approximate surface area is 332 Å². The maximum atomic E-state index is 12.7. The monoisotopic (exact) mass is 805 g/mol. The normalized spacial score (nSPS) is 23.6. The van der Waals surface area contributed by atoms with E-state index in [0.29, 0.717) is 13.0 Å². The highest BCUT2D eigenvalue weighted by Gasteiger charge is 2.51. The summed E-state index contributed by atoms with van der Waals surface area (Å²) in [7, 11) is -5.01. The molecule has 1 aliphatic rings. The van der Waals surface area contributed by atoms with Crippen molar-refractivity contribution in [3.05, 3.63) is 36.5 Å². The first-order valence-electron chi connectivity index (χ1n) is 21.3. The largest absolute Gasteiger partial charge is 0.472 e. The number of rotatable bonds is 35. The summed E-state index contributed by atoms with van der Waals surface area (Å²) in [5, 5.41) is 50.0. The fraction of sp³-hybridized carbons (Fsp3) is 0.833. The number of ether oxygens (including phenoxy) is 2. The fourth-order valence-electron chi connectivity index (χ4n) is 6.30. The number of unbranched alkanes of at least 4 members (excludes halogenated alkanes) is 17. The Morgan fingerprint density at radius 3 is 1.58 bits per heavy atom. The summed E-state index contributed by atoms with van der Waals surface area (Å²) in [6, 6.07) is 0. The summed E-state index contributed by atoms with van der Waals surface area (Å²) < 4.78 is 34.0. The standard InChI is InChI=1S/C42H77O12P/c1-3-5-7-9-11-13-14-15-16-17-18-19-20-21-22-23-24-26-28-30-32-51-33-35(53-36(43)31-29-27-25-12-10-8-6-4-2)34-52-55(49,50)54-42-40(47)38(45)37(44)39(46)41(42)48/h11,13,15-16,18-19,35,37-42,44-48H,3-10,12,14,17,20-34H2,1-2H3,(H,49,50)/b13-11-,16-15-,19-18-. The van der Waals surface area contributed by atoms with E-state index in [2.05, 4.69) is 50.3 Å². The van der Waals surface area contributed by atoms with Crippen molar-refractivity contribution in [3.8, 4) is 0 Å². The zero-order chi connectivity index (χ0) is 40.6. The van der Waals surface area contributed by atoms with Gasteiger partial charge in [0.1, 0.15) is 42.7 Å². The van der Waals surface area contributed by atoms with Crippen LogP contribution in [0.2, 0.25) is 0 Å². The fourth-order valence-corrected chi connectivity index (χ4v) is 7.27. The van der Waals surface area contributed by atoms with Crippen molar-refractivity contribution < 1.29 is 58.3 Å². The average Bonchev–Trinajstić information content (AvgIpc) is 3.17. The third-order valence-electron chi connectivity index (χ3n) is 9.77. The number of carbonyl (C=O) groups is 1. The molecule has 0 radical (unpaired) electrons. The van der Waals surface area contributed by atoms with Crippen LogP contribution in [0.15, 0.2) is 36.5 Å². The van der Waals surface area contributed by atoms with E-state index < -0.39 is 63.1 Å². The van der Waals surface area contributed by atoms with Gasteiger partial charge in [-0.3, -0.25) is 13.8 Å². The van der Waals surface area contributed by atoms with Gasteiger partial charge in [-0.1, -0.05) is 140 Å². The number of esters is 1. The molecule has 13 heteroatoms. The van der Waals surface area contributed by atoms with Crippen molar-refractivity contribution in [1.82, 2.24) is 0 Å². The molecule has 0 heterocycles. The molecule has 0 saturated heterocycles. The van der Waals surface area contributed by atoms with Gasteiger partial charge in [-0.15, -0.1) is 0 Å². The zero-order valence-corrected chi connectivity index (χ0v) is 34.9. The maximum Gasteiger partial charge on any atom is 0.472 e. The molecule has 55 heavy (non-hydrogen) atoms. The Kier molecular flexibility index (Phi) is 31.4. The maximum absolute atomic E-state index is 12.7. The minimum atomic E-state index is -5.01. The van der Waals surface area contributed by atoms with Crippen LogP contribution in [-0.4, -0.2) is 98.9 Å². The molecule has 0 amide bonds. The summed E-state index contributed by atoms with van der Waals surface area (Å²) in [6.07, 6.45) is 25.2. The molecule has 0 aromatic carbocycles. The van der Waals surface area contributed by atoms with Crippen LogP contribution in [-0.2, 0) is 27.9 Å². The summed E-state index contributed by atoms with van der Waals surface area (Å²) in [6.45, 7) is 4.15. The second kappa shape index (κ2) is 33.5. The molecule has 0 aromatic heterocycles. The van der Waals surface area contributed by atoms with Crippen LogP contribution in [0.3, 0.4) is 0 Å². The van der Waals surface area contributed by atoms with Crippen LogP contribution in [0.5, 0.6) is 0 Å². The molecule has 6 unspecified atom stereocenters. The van der Waals surface area contributed by atoms with Crippen LogP contribution < -0.4 is 0 Å². The summed E-state index contributed by atoms with van der Waals surface area (Å²) in [4.78, 5) is 23.0. The second-order valence-corrected chi connectivity index (χ2v) is 16.3. The molecule has 0 spiro atoms. The predicted octanol–water partition coefficient (Wildman–Crippen LogP) is 7.92. The van der Waals surface area contributed by atoms with Gasteiger partial charge in [0.25, 0.3) is 0 Å². The first-order chi connectivity index (χ1) is 26.5. The Balaban J connectivity index is 2.37. The molecule has 12 nitrogen and oxygen atoms in total. The van der Waals surface area contributed by atoms with Crippen molar-refractivity contribution in [1.29, 1.82) is 0 Å². The molecule has 322 valence electrons. The van der Waals surface area contributed by atoms with Gasteiger partial charge in [0.2, 0.25) is 0 Å². The van der Waals surface area contributed by atoms with Crippen LogP contribution in [0, 0.1) is 0 Å². The summed E-state index contributed by atoms with van der Waals surface area (Å²) >= 11 is 0. The zero-order valence-electron chi connectivity index (χ0n) is 34.0. The molecule has 0 aromatic rings. The SMILES string of the molecule is CCCCC/C=C\C/C=C\C/C=C\CCCCCCCCCOCC(COP(=O)(O)OC1C(O)C(O)C(O)C(O)C1O)OC(=O)CCCCCCCCCC. The van der Waals surface area contributed by atoms with Crippen molar-refractivity contribution in [2.75, 3.05) is 19.8 Å². The van der Waals surface area contributed by atoms with Crippen molar-refractivity contribution >= 4 is 13.8 Å². The number of carbonyl (C=O) groups excluding carboxylic acids is 1. The molecular formula is C42H77O12P. The average molecular weight is 805 g/mol. The third-order valence-corrected chi connectivity index (χ3v) is 10.8. The molecule has 6 N–H and O–H groups in total. The number of phosphoric ester groups is 1. The minimum Gasteiger partial charge on any atom is -0.457 e. The van der Waals surface area contributed by atoms with E-state index in [1.807, 2.05) is 0 Å². The number of allylic oxidation sites excluding steroid dienone is 6. The quantitative estimate of drug-likeness (QED) is 0.0157. The molecular weight excluding hydrogens is 727 g/mol. The molecule has 1 fully saturated rings. The van der Waals surface area contributed by atoms with Gasteiger partial charge in [0.05, 0.1) is 13.2 Å². The Bertz CT molecular complexity index is 1050. The minimum absolute atomic E-state index is 0.0824. The van der Waals surface area contributed by atoms with Crippen LogP contribution in [0.25, 0.3) is 0 Å². The molecule has 1 aliphatic carbocycles. The molecule has 6 atom stereocenters. The first kappa shape index (κ1) is 51.6. The van der Waals surface area contributed by atoms with E-state index in [0.717, 1.165) is 64.2 Å². The third kappa shape index (κ3) is 26.2. The lowest BCUT2D eigenvalue weighted by molar-refractivity contribution is -0.220. The van der Waals surface area contributed by atoms with E-state index >= 15 is 0 Å². The summed E-state index contributed by atoms with van der Waals surface area (Å²) in [5.74, 6) is -0.487. The van der Waals surface area contributed by atoms with Crippen molar-refractivity contribution in [2.45, 2.75) is 204 Å². The van der Waals surface area contributed by atoms with Gasteiger partial charge in [-0.25, -0.2) is 4.57 Å². The van der Waals surface area contributed by atoms with Gasteiger partial charge in [-0.05, 0) is 51.4 Å². The number of phosphoric acid groups is 1.